The summed E-state index contributed by atoms with van der Waals surface area (Å²) in [6, 6.07) is 11.4. The molecule has 0 radical (unpaired) electrons. The Hall–Kier alpha value is -2.86. The zero-order valence-electron chi connectivity index (χ0n) is 12.2. The number of ether oxygens (including phenoxy) is 1. The number of rotatable bonds is 3. The van der Waals surface area contributed by atoms with Crippen molar-refractivity contribution in [2.75, 3.05) is 12.4 Å². The molecule has 2 heterocycles. The van der Waals surface area contributed by atoms with E-state index >= 15 is 0 Å². The lowest BCUT2D eigenvalue weighted by Gasteiger charge is -2.09. The minimum absolute atomic E-state index is 0.250. The lowest BCUT2D eigenvalue weighted by Crippen LogP contribution is -1.95. The molecule has 7 heteroatoms. The van der Waals surface area contributed by atoms with Crippen molar-refractivity contribution in [3.63, 3.8) is 0 Å². The lowest BCUT2D eigenvalue weighted by molar-refractivity contribution is -0.122. The maximum absolute atomic E-state index is 8.36. The van der Waals surface area contributed by atoms with E-state index in [0.29, 0.717) is 5.15 Å². The highest BCUT2D eigenvalue weighted by Gasteiger charge is 2.04. The summed E-state index contributed by atoms with van der Waals surface area (Å²) >= 11 is 5.77. The number of carbonyl (C=O) groups is 1. The van der Waals surface area contributed by atoms with Gasteiger partial charge >= 0.3 is 0 Å². The maximum Gasteiger partial charge on any atom is 0.290 e. The van der Waals surface area contributed by atoms with E-state index in [4.69, 9.17) is 26.2 Å². The fourth-order valence-corrected chi connectivity index (χ4v) is 2.08. The van der Waals surface area contributed by atoms with Crippen LogP contribution in [0.3, 0.4) is 0 Å². The highest BCUT2D eigenvalue weighted by Crippen LogP contribution is 2.27. The number of hydrogen-bond acceptors (Lipinski definition) is 5. The molecule has 118 valence electrons. The third kappa shape index (κ3) is 4.31. The number of hydrogen-bond donors (Lipinski definition) is 2. The summed E-state index contributed by atoms with van der Waals surface area (Å²) in [5.41, 5.74) is 0.838. The van der Waals surface area contributed by atoms with Crippen molar-refractivity contribution in [3.05, 3.63) is 53.9 Å². The molecule has 1 aromatic carbocycles. The normalized spacial score (nSPS) is 9.65. The summed E-state index contributed by atoms with van der Waals surface area (Å²) in [5.74, 6) is 1.59. The van der Waals surface area contributed by atoms with Gasteiger partial charge < -0.3 is 15.2 Å². The van der Waals surface area contributed by atoms with Gasteiger partial charge in [0.2, 0.25) is 0 Å². The summed E-state index contributed by atoms with van der Waals surface area (Å²) in [4.78, 5) is 16.8. The number of nitrogens with one attached hydrogen (secondary N) is 1. The second-order valence-electron chi connectivity index (χ2n) is 4.35. The van der Waals surface area contributed by atoms with Gasteiger partial charge in [-0.15, -0.1) is 0 Å². The quantitative estimate of drug-likeness (QED) is 0.562. The first-order valence-corrected chi connectivity index (χ1v) is 6.95. The van der Waals surface area contributed by atoms with Crippen LogP contribution in [0.25, 0.3) is 10.8 Å². The molecular weight excluding hydrogens is 318 g/mol. The predicted octanol–water partition coefficient (Wildman–Crippen LogP) is 3.74. The second-order valence-corrected chi connectivity index (χ2v) is 4.73. The van der Waals surface area contributed by atoms with E-state index < -0.39 is 0 Å². The third-order valence-electron chi connectivity index (χ3n) is 2.96. The molecule has 0 fully saturated rings. The molecule has 0 aliphatic heterocycles. The molecule has 3 aromatic rings. The largest absolute Gasteiger partial charge is 0.497 e. The van der Waals surface area contributed by atoms with Gasteiger partial charge in [-0.1, -0.05) is 11.6 Å². The van der Waals surface area contributed by atoms with Crippen LogP contribution in [-0.4, -0.2) is 28.7 Å². The van der Waals surface area contributed by atoms with Crippen molar-refractivity contribution in [1.29, 1.82) is 0 Å². The molecule has 0 saturated heterocycles. The van der Waals surface area contributed by atoms with E-state index in [2.05, 4.69) is 15.3 Å². The van der Waals surface area contributed by atoms with E-state index in [0.717, 1.165) is 28.0 Å². The minimum Gasteiger partial charge on any atom is -0.497 e. The Morgan fingerprint density at radius 2 is 2.00 bits per heavy atom. The Morgan fingerprint density at radius 1 is 1.22 bits per heavy atom. The van der Waals surface area contributed by atoms with Gasteiger partial charge in [0.05, 0.1) is 19.0 Å². The van der Waals surface area contributed by atoms with Crippen molar-refractivity contribution < 1.29 is 14.6 Å². The third-order valence-corrected chi connectivity index (χ3v) is 3.19. The number of fused-ring (bicyclic) bond motifs is 1. The summed E-state index contributed by atoms with van der Waals surface area (Å²) in [6.07, 6.45) is 3.43. The van der Waals surface area contributed by atoms with Crippen LogP contribution in [0.1, 0.15) is 0 Å². The van der Waals surface area contributed by atoms with Gasteiger partial charge in [0.15, 0.2) is 0 Å². The van der Waals surface area contributed by atoms with E-state index in [9.17, 15) is 0 Å². The van der Waals surface area contributed by atoms with Crippen molar-refractivity contribution in [3.8, 4) is 5.75 Å². The minimum atomic E-state index is -0.250. The van der Waals surface area contributed by atoms with Crippen LogP contribution in [0.15, 0.2) is 48.8 Å². The topological polar surface area (TPSA) is 84.3 Å². The number of halogens is 1. The average molecular weight is 332 g/mol. The van der Waals surface area contributed by atoms with Crippen molar-refractivity contribution in [2.45, 2.75) is 0 Å². The van der Waals surface area contributed by atoms with Gasteiger partial charge in [0, 0.05) is 11.6 Å². The molecule has 3 rings (SSSR count). The number of carboxylic acid groups (broad SMARTS) is 1. The van der Waals surface area contributed by atoms with E-state index in [1.165, 1.54) is 0 Å². The van der Waals surface area contributed by atoms with Crippen LogP contribution in [0.4, 0.5) is 11.5 Å². The van der Waals surface area contributed by atoms with E-state index in [1.54, 1.807) is 25.6 Å². The zero-order chi connectivity index (χ0) is 16.7. The molecule has 23 heavy (non-hydrogen) atoms. The van der Waals surface area contributed by atoms with Gasteiger partial charge in [-0.25, -0.2) is 9.97 Å². The van der Waals surface area contributed by atoms with Gasteiger partial charge in [0.1, 0.15) is 16.7 Å². The molecule has 0 amide bonds. The molecule has 2 aromatic heterocycles. The number of aromatic nitrogens is 2. The van der Waals surface area contributed by atoms with Crippen LogP contribution >= 0.6 is 11.6 Å². The Morgan fingerprint density at radius 3 is 2.65 bits per heavy atom. The molecule has 0 saturated carbocycles. The lowest BCUT2D eigenvalue weighted by atomic mass is 10.1. The van der Waals surface area contributed by atoms with Crippen LogP contribution in [0.2, 0.25) is 5.15 Å². The molecule has 0 aliphatic rings. The fraction of sp³-hybridized carbons (Fsp3) is 0.0625. The molecule has 0 spiro atoms. The molecule has 6 nitrogen and oxygen atoms in total. The molecule has 0 unspecified atom stereocenters. The Bertz CT molecular complexity index is 794. The first-order chi connectivity index (χ1) is 11.2. The number of nitrogens with zero attached hydrogens (tertiary/aromatic N) is 2. The van der Waals surface area contributed by atoms with Gasteiger partial charge in [-0.3, -0.25) is 4.79 Å². The zero-order valence-corrected chi connectivity index (χ0v) is 13.0. The summed E-state index contributed by atoms with van der Waals surface area (Å²) in [7, 11) is 1.65. The molecule has 0 aliphatic carbocycles. The van der Waals surface area contributed by atoms with Crippen LogP contribution in [0.5, 0.6) is 5.75 Å². The van der Waals surface area contributed by atoms with Crippen LogP contribution < -0.4 is 10.1 Å². The fourth-order valence-electron chi connectivity index (χ4n) is 1.97. The standard InChI is InChI=1S/C15H12ClN3O.CH2O2/c1-20-12-3-4-13-10(8-12)6-7-17-15(13)19-11-2-5-14(16)18-9-11;2-1-3/h2-9H,1H3,(H,17,19);1H,(H,2,3). The molecular formula is C16H14ClN3O3. The molecule has 0 bridgehead atoms. The van der Waals surface area contributed by atoms with E-state index in [1.807, 2.05) is 30.3 Å². The summed E-state index contributed by atoms with van der Waals surface area (Å²) in [6.45, 7) is -0.250. The summed E-state index contributed by atoms with van der Waals surface area (Å²) < 4.78 is 5.23. The van der Waals surface area contributed by atoms with Gasteiger partial charge in [-0.05, 0) is 41.8 Å². The van der Waals surface area contributed by atoms with Gasteiger partial charge in [-0.2, -0.15) is 0 Å². The highest BCUT2D eigenvalue weighted by molar-refractivity contribution is 6.29. The number of pyridine rings is 2. The number of benzene rings is 1. The Labute approximate surface area is 137 Å². The smallest absolute Gasteiger partial charge is 0.290 e. The van der Waals surface area contributed by atoms with Crippen molar-refractivity contribution in [1.82, 2.24) is 9.97 Å². The second kappa shape index (κ2) is 7.95. The predicted molar refractivity (Wildman–Crippen MR) is 89.5 cm³/mol. The first kappa shape index (κ1) is 16.5. The summed E-state index contributed by atoms with van der Waals surface area (Å²) in [5, 5.41) is 12.7. The van der Waals surface area contributed by atoms with Crippen LogP contribution in [-0.2, 0) is 4.79 Å². The van der Waals surface area contributed by atoms with Crippen molar-refractivity contribution in [2.24, 2.45) is 0 Å². The average Bonchev–Trinajstić information content (AvgIpc) is 2.57. The molecule has 2 N–H and O–H groups in total. The molecule has 0 atom stereocenters. The number of methoxy groups -OCH3 is 1. The highest BCUT2D eigenvalue weighted by atomic mass is 35.5. The van der Waals surface area contributed by atoms with Crippen LogP contribution in [0, 0.1) is 0 Å². The SMILES string of the molecule is COc1ccc2c(Nc3ccc(Cl)nc3)nccc2c1.O=CO. The monoisotopic (exact) mass is 331 g/mol. The van der Waals surface area contributed by atoms with Crippen molar-refractivity contribution >= 4 is 40.4 Å². The van der Waals surface area contributed by atoms with Gasteiger partial charge in [0.25, 0.3) is 6.47 Å². The Kier molecular flexibility index (Phi) is 5.71. The number of anilines is 2. The maximum atomic E-state index is 8.36. The first-order valence-electron chi connectivity index (χ1n) is 6.57. The van der Waals surface area contributed by atoms with E-state index in [-0.39, 0.29) is 6.47 Å². The Balaban J connectivity index is 0.000000595.